The molecule has 1 fully saturated rings. The minimum absolute atomic E-state index is 0.108. The van der Waals surface area contributed by atoms with E-state index in [0.717, 1.165) is 11.1 Å². The van der Waals surface area contributed by atoms with Gasteiger partial charge >= 0.3 is 0 Å². The number of aryl methyl sites for hydroxylation is 1. The third-order valence-corrected chi connectivity index (χ3v) is 6.17. The van der Waals surface area contributed by atoms with Gasteiger partial charge in [-0.05, 0) is 29.8 Å². The monoisotopic (exact) mass is 412 g/mol. The van der Waals surface area contributed by atoms with Gasteiger partial charge in [0.1, 0.15) is 6.33 Å². The van der Waals surface area contributed by atoms with Gasteiger partial charge in [-0.3, -0.25) is 4.79 Å². The third kappa shape index (κ3) is 2.68. The van der Waals surface area contributed by atoms with Crippen LogP contribution < -0.4 is 4.90 Å². The average Bonchev–Trinajstić information content (AvgIpc) is 3.26. The van der Waals surface area contributed by atoms with Crippen LogP contribution in [0.2, 0.25) is 5.02 Å². The first-order valence-electron chi connectivity index (χ1n) is 9.27. The molecule has 1 amide bonds. The van der Waals surface area contributed by atoms with Crippen LogP contribution in [-0.2, 0) is 23.7 Å². The van der Waals surface area contributed by atoms with E-state index in [9.17, 15) is 4.79 Å². The Morgan fingerprint density at radius 1 is 1.24 bits per heavy atom. The Hall–Kier alpha value is -2.77. The topological polar surface area (TPSA) is 60.2 Å². The van der Waals surface area contributed by atoms with Crippen LogP contribution in [0.3, 0.4) is 0 Å². The molecule has 5 rings (SSSR count). The second kappa shape index (κ2) is 6.64. The summed E-state index contributed by atoms with van der Waals surface area (Å²) in [7, 11) is 1.72. The summed E-state index contributed by atoms with van der Waals surface area (Å²) >= 11 is 6.28. The zero-order chi connectivity index (χ0) is 20.2. The van der Waals surface area contributed by atoms with E-state index in [2.05, 4.69) is 10.2 Å². The molecule has 148 valence electrons. The zero-order valence-corrected chi connectivity index (χ0v) is 16.4. The van der Waals surface area contributed by atoms with Crippen LogP contribution in [0.5, 0.6) is 0 Å². The summed E-state index contributed by atoms with van der Waals surface area (Å²) in [6, 6.07) is 12.8. The van der Waals surface area contributed by atoms with Gasteiger partial charge in [0.2, 0.25) is 0 Å². The molecule has 1 saturated heterocycles. The van der Waals surface area contributed by atoms with Gasteiger partial charge in [-0.25, -0.2) is 4.39 Å². The molecule has 2 aliphatic heterocycles. The van der Waals surface area contributed by atoms with Crippen molar-refractivity contribution in [1.82, 2.24) is 14.8 Å². The molecule has 29 heavy (non-hydrogen) atoms. The fourth-order valence-corrected chi connectivity index (χ4v) is 4.27. The molecule has 0 saturated carbocycles. The lowest BCUT2D eigenvalue weighted by molar-refractivity contribution is -0.102. The average molecular weight is 413 g/mol. The number of carbonyl (C=O) groups excluding carboxylic acids is 1. The molecule has 3 heterocycles. The number of carbonyl (C=O) groups is 1. The van der Waals surface area contributed by atoms with E-state index in [-0.39, 0.29) is 24.9 Å². The van der Waals surface area contributed by atoms with Gasteiger partial charge in [-0.15, -0.1) is 10.2 Å². The number of nitrogens with zero attached hydrogens (tertiary/aromatic N) is 4. The molecule has 0 aliphatic carbocycles. The maximum absolute atomic E-state index is 15.6. The Bertz CT molecular complexity index is 1110. The first kappa shape index (κ1) is 18.3. The standard InChI is InChI=1S/C21H18ClFN4O2/c1-26-12-24-25-19(26)18(23)21(10-29-11-21)13-4-2-5-14(8-13)27-9-16-15(20(27)28)6-3-7-17(16)22/h2-8,12,18H,9-11H2,1H3/t18-/m0/s1. The molecule has 0 radical (unpaired) electrons. The summed E-state index contributed by atoms with van der Waals surface area (Å²) in [5.74, 6) is 0.152. The predicted octanol–water partition coefficient (Wildman–Crippen LogP) is 3.61. The number of fused-ring (bicyclic) bond motifs is 1. The zero-order valence-electron chi connectivity index (χ0n) is 15.7. The van der Waals surface area contributed by atoms with Gasteiger partial charge in [0.15, 0.2) is 12.0 Å². The van der Waals surface area contributed by atoms with E-state index in [0.29, 0.717) is 22.8 Å². The number of aromatic nitrogens is 3. The van der Waals surface area contributed by atoms with Crippen molar-refractivity contribution in [2.75, 3.05) is 18.1 Å². The first-order chi connectivity index (χ1) is 14.0. The number of alkyl halides is 1. The fourth-order valence-electron chi connectivity index (χ4n) is 4.04. The van der Waals surface area contributed by atoms with Crippen LogP contribution in [-0.4, -0.2) is 33.9 Å². The van der Waals surface area contributed by atoms with Crippen molar-refractivity contribution < 1.29 is 13.9 Å². The Morgan fingerprint density at radius 3 is 2.69 bits per heavy atom. The number of rotatable bonds is 4. The quantitative estimate of drug-likeness (QED) is 0.656. The van der Waals surface area contributed by atoms with Gasteiger partial charge in [-0.1, -0.05) is 29.8 Å². The number of halogens is 2. The summed E-state index contributed by atoms with van der Waals surface area (Å²) in [6.07, 6.45) is 0.106. The second-order valence-corrected chi connectivity index (χ2v) is 7.93. The van der Waals surface area contributed by atoms with Crippen molar-refractivity contribution in [2.45, 2.75) is 18.1 Å². The normalized spacial score (nSPS) is 18.4. The Balaban J connectivity index is 1.51. The van der Waals surface area contributed by atoms with Gasteiger partial charge in [0.05, 0.1) is 25.2 Å². The molecule has 1 atom stereocenters. The van der Waals surface area contributed by atoms with Crippen molar-refractivity contribution in [3.05, 3.63) is 76.3 Å². The molecule has 2 aliphatic rings. The summed E-state index contributed by atoms with van der Waals surface area (Å²) in [6.45, 7) is 0.873. The molecule has 0 N–H and O–H groups in total. The van der Waals surface area contributed by atoms with Crippen LogP contribution in [0.25, 0.3) is 0 Å². The summed E-state index contributed by atoms with van der Waals surface area (Å²) in [5.41, 5.74) is 2.04. The van der Waals surface area contributed by atoms with Crippen LogP contribution in [0.15, 0.2) is 48.8 Å². The van der Waals surface area contributed by atoms with E-state index in [1.165, 1.54) is 6.33 Å². The Morgan fingerprint density at radius 2 is 2.03 bits per heavy atom. The molecular weight excluding hydrogens is 395 g/mol. The number of hydrogen-bond acceptors (Lipinski definition) is 4. The molecule has 3 aromatic rings. The molecule has 0 spiro atoms. The summed E-state index contributed by atoms with van der Waals surface area (Å²) in [5, 5.41) is 8.31. The Labute approximate surface area is 171 Å². The van der Waals surface area contributed by atoms with Crippen LogP contribution in [0.4, 0.5) is 10.1 Å². The van der Waals surface area contributed by atoms with Crippen molar-refractivity contribution in [3.63, 3.8) is 0 Å². The molecule has 0 bridgehead atoms. The van der Waals surface area contributed by atoms with E-state index < -0.39 is 11.6 Å². The van der Waals surface area contributed by atoms with Crippen LogP contribution in [0, 0.1) is 0 Å². The number of ether oxygens (including phenoxy) is 1. The van der Waals surface area contributed by atoms with Crippen molar-refractivity contribution in [3.8, 4) is 0 Å². The maximum Gasteiger partial charge on any atom is 0.258 e. The van der Waals surface area contributed by atoms with E-state index in [1.54, 1.807) is 34.7 Å². The summed E-state index contributed by atoms with van der Waals surface area (Å²) in [4.78, 5) is 14.6. The van der Waals surface area contributed by atoms with E-state index in [4.69, 9.17) is 16.3 Å². The predicted molar refractivity (Wildman–Crippen MR) is 106 cm³/mol. The number of hydrogen-bond donors (Lipinski definition) is 0. The highest BCUT2D eigenvalue weighted by Gasteiger charge is 2.50. The second-order valence-electron chi connectivity index (χ2n) is 7.52. The fraction of sp³-hybridized carbons (Fsp3) is 0.286. The first-order valence-corrected chi connectivity index (χ1v) is 9.64. The maximum atomic E-state index is 15.6. The number of amides is 1. The molecule has 2 aromatic carbocycles. The van der Waals surface area contributed by atoms with Crippen molar-refractivity contribution in [2.24, 2.45) is 7.05 Å². The minimum atomic E-state index is -1.38. The van der Waals surface area contributed by atoms with Gasteiger partial charge in [-0.2, -0.15) is 0 Å². The molecule has 0 unspecified atom stereocenters. The third-order valence-electron chi connectivity index (χ3n) is 5.82. The highest BCUT2D eigenvalue weighted by atomic mass is 35.5. The smallest absolute Gasteiger partial charge is 0.258 e. The van der Waals surface area contributed by atoms with E-state index >= 15 is 4.39 Å². The number of benzene rings is 2. The largest absolute Gasteiger partial charge is 0.379 e. The van der Waals surface area contributed by atoms with Crippen LogP contribution >= 0.6 is 11.6 Å². The van der Waals surface area contributed by atoms with Gasteiger partial charge in [0.25, 0.3) is 5.91 Å². The minimum Gasteiger partial charge on any atom is -0.379 e. The lowest BCUT2D eigenvalue weighted by Gasteiger charge is -2.43. The summed E-state index contributed by atoms with van der Waals surface area (Å²) < 4.78 is 22.6. The van der Waals surface area contributed by atoms with Crippen molar-refractivity contribution in [1.29, 1.82) is 0 Å². The highest BCUT2D eigenvalue weighted by Crippen LogP contribution is 2.46. The molecule has 8 heteroatoms. The van der Waals surface area contributed by atoms with E-state index in [1.807, 2.05) is 24.3 Å². The molecule has 6 nitrogen and oxygen atoms in total. The molecular formula is C21H18ClFN4O2. The van der Waals surface area contributed by atoms with Gasteiger partial charge < -0.3 is 14.2 Å². The van der Waals surface area contributed by atoms with Gasteiger partial charge in [0, 0.05) is 28.9 Å². The highest BCUT2D eigenvalue weighted by molar-refractivity contribution is 6.32. The number of anilines is 1. The lowest BCUT2D eigenvalue weighted by atomic mass is 9.74. The van der Waals surface area contributed by atoms with Crippen LogP contribution in [0.1, 0.15) is 33.5 Å². The molecule has 1 aromatic heterocycles. The van der Waals surface area contributed by atoms with Crippen molar-refractivity contribution >= 4 is 23.2 Å². The lowest BCUT2D eigenvalue weighted by Crippen LogP contribution is -2.50. The Kier molecular flexibility index (Phi) is 4.18. The SMILES string of the molecule is Cn1cnnc1[C@H](F)C1(c2cccc(N3Cc4c(Cl)cccc4C3=O)c2)COC1.